The van der Waals surface area contributed by atoms with Crippen LogP contribution < -0.4 is 9.46 Å². The third kappa shape index (κ3) is 4.07. The molecule has 12 heteroatoms. The minimum Gasteiger partial charge on any atom is -0.497 e. The lowest BCUT2D eigenvalue weighted by molar-refractivity contribution is 0.366. The molecule has 166 valence electrons. The lowest BCUT2D eigenvalue weighted by Crippen LogP contribution is -2.15. The van der Waals surface area contributed by atoms with Crippen molar-refractivity contribution in [2.75, 3.05) is 11.8 Å². The molecule has 1 aromatic heterocycles. The van der Waals surface area contributed by atoms with E-state index in [0.29, 0.717) is 5.75 Å². The first kappa shape index (κ1) is 22.5. The Morgan fingerprint density at radius 2 is 1.45 bits per heavy atom. The van der Waals surface area contributed by atoms with Crippen molar-refractivity contribution in [3.05, 3.63) is 70.3 Å². The molecule has 0 saturated carbocycles. The topological polar surface area (TPSA) is 73.2 Å². The van der Waals surface area contributed by atoms with Gasteiger partial charge in [0.15, 0.2) is 23.3 Å². The van der Waals surface area contributed by atoms with Crippen molar-refractivity contribution < 1.29 is 35.1 Å². The number of aryl methyl sites for hydroxylation is 1. The Morgan fingerprint density at radius 1 is 0.935 bits per heavy atom. The van der Waals surface area contributed by atoms with Crippen LogP contribution in [-0.2, 0) is 16.6 Å². The van der Waals surface area contributed by atoms with E-state index < -0.39 is 51.2 Å². The highest BCUT2D eigenvalue weighted by Gasteiger charge is 2.27. The number of rotatable bonds is 6. The fourth-order valence-electron chi connectivity index (χ4n) is 2.89. The van der Waals surface area contributed by atoms with E-state index in [1.807, 2.05) is 0 Å². The van der Waals surface area contributed by atoms with Crippen LogP contribution in [0.5, 0.6) is 5.75 Å². The SMILES string of the molecule is COc1ccc(S(=O)(=O)Nc2c(C)nn(Cc3c(F)c(F)c(F)c(F)c3F)c2C)cc1. The Hall–Kier alpha value is -3.15. The molecule has 3 rings (SSSR count). The molecule has 0 saturated heterocycles. The normalized spacial score (nSPS) is 11.6. The summed E-state index contributed by atoms with van der Waals surface area (Å²) in [4.78, 5) is -0.0837. The minimum absolute atomic E-state index is 0.0136. The Bertz CT molecular complexity index is 1230. The molecule has 0 amide bonds. The number of aromatic nitrogens is 2. The van der Waals surface area contributed by atoms with E-state index in [-0.39, 0.29) is 22.0 Å². The van der Waals surface area contributed by atoms with Gasteiger partial charge in [-0.1, -0.05) is 0 Å². The van der Waals surface area contributed by atoms with Crippen molar-refractivity contribution >= 4 is 15.7 Å². The van der Waals surface area contributed by atoms with E-state index in [9.17, 15) is 30.4 Å². The molecule has 6 nitrogen and oxygen atoms in total. The second-order valence-electron chi connectivity index (χ2n) is 6.53. The van der Waals surface area contributed by atoms with Gasteiger partial charge in [-0.25, -0.2) is 30.4 Å². The first-order chi connectivity index (χ1) is 14.5. The van der Waals surface area contributed by atoms with Crippen molar-refractivity contribution in [3.8, 4) is 5.75 Å². The van der Waals surface area contributed by atoms with Gasteiger partial charge >= 0.3 is 0 Å². The van der Waals surface area contributed by atoms with Crippen LogP contribution in [0.15, 0.2) is 29.2 Å². The second-order valence-corrected chi connectivity index (χ2v) is 8.22. The molecule has 2 aromatic carbocycles. The molecule has 1 heterocycles. The maximum atomic E-state index is 14.0. The molecule has 3 aromatic rings. The molecule has 0 bridgehead atoms. The number of anilines is 1. The zero-order valence-electron chi connectivity index (χ0n) is 16.4. The Labute approximate surface area is 174 Å². The summed E-state index contributed by atoms with van der Waals surface area (Å²) in [6, 6.07) is 5.51. The largest absolute Gasteiger partial charge is 0.497 e. The van der Waals surface area contributed by atoms with Crippen LogP contribution in [0.4, 0.5) is 27.6 Å². The maximum absolute atomic E-state index is 14.0. The average molecular weight is 461 g/mol. The number of nitrogens with one attached hydrogen (secondary N) is 1. The van der Waals surface area contributed by atoms with Crippen LogP contribution >= 0.6 is 0 Å². The van der Waals surface area contributed by atoms with Crippen molar-refractivity contribution in [2.24, 2.45) is 0 Å². The minimum atomic E-state index is -4.05. The Kier molecular flexibility index (Phi) is 5.94. The third-order valence-electron chi connectivity index (χ3n) is 4.60. The van der Waals surface area contributed by atoms with Crippen molar-refractivity contribution in [1.29, 1.82) is 0 Å². The van der Waals surface area contributed by atoms with Crippen LogP contribution in [0.2, 0.25) is 0 Å². The van der Waals surface area contributed by atoms with Gasteiger partial charge in [-0.15, -0.1) is 0 Å². The van der Waals surface area contributed by atoms with Crippen molar-refractivity contribution in [1.82, 2.24) is 9.78 Å². The van der Waals surface area contributed by atoms with Crippen LogP contribution in [0, 0.1) is 42.9 Å². The zero-order valence-corrected chi connectivity index (χ0v) is 17.3. The van der Waals surface area contributed by atoms with Gasteiger partial charge in [0.05, 0.1) is 41.2 Å². The van der Waals surface area contributed by atoms with Gasteiger partial charge in [0, 0.05) is 0 Å². The molecule has 0 aliphatic rings. The van der Waals surface area contributed by atoms with Gasteiger partial charge in [-0.05, 0) is 38.1 Å². The number of hydrogen-bond donors (Lipinski definition) is 1. The monoisotopic (exact) mass is 461 g/mol. The molecule has 0 aliphatic heterocycles. The number of nitrogens with zero attached hydrogens (tertiary/aromatic N) is 2. The van der Waals surface area contributed by atoms with Gasteiger partial charge < -0.3 is 4.74 Å². The number of sulfonamides is 1. The van der Waals surface area contributed by atoms with Gasteiger partial charge in [0.1, 0.15) is 5.75 Å². The number of methoxy groups -OCH3 is 1. The zero-order chi connectivity index (χ0) is 23.1. The summed E-state index contributed by atoms with van der Waals surface area (Å²) in [7, 11) is -2.63. The first-order valence-corrected chi connectivity index (χ1v) is 10.2. The fourth-order valence-corrected chi connectivity index (χ4v) is 4.06. The highest BCUT2D eigenvalue weighted by atomic mass is 32.2. The maximum Gasteiger partial charge on any atom is 0.262 e. The van der Waals surface area contributed by atoms with Gasteiger partial charge in [-0.3, -0.25) is 9.40 Å². The first-order valence-electron chi connectivity index (χ1n) is 8.69. The van der Waals surface area contributed by atoms with E-state index in [4.69, 9.17) is 4.74 Å². The van der Waals surface area contributed by atoms with Crippen LogP contribution in [0.25, 0.3) is 0 Å². The molecule has 0 radical (unpaired) electrons. The predicted molar refractivity (Wildman–Crippen MR) is 101 cm³/mol. The summed E-state index contributed by atoms with van der Waals surface area (Å²) in [6.45, 7) is 2.01. The number of halogens is 5. The lowest BCUT2D eigenvalue weighted by Gasteiger charge is -2.11. The summed E-state index contributed by atoms with van der Waals surface area (Å²) >= 11 is 0. The Balaban J connectivity index is 1.97. The number of ether oxygens (including phenoxy) is 1. The highest BCUT2D eigenvalue weighted by molar-refractivity contribution is 7.92. The fraction of sp³-hybridized carbons (Fsp3) is 0.211. The molecule has 0 fully saturated rings. The van der Waals surface area contributed by atoms with Gasteiger partial charge in [0.25, 0.3) is 10.0 Å². The molecule has 0 spiro atoms. The lowest BCUT2D eigenvalue weighted by atomic mass is 10.1. The Morgan fingerprint density at radius 3 is 1.97 bits per heavy atom. The number of benzene rings is 2. The van der Waals surface area contributed by atoms with E-state index in [2.05, 4.69) is 9.82 Å². The van der Waals surface area contributed by atoms with E-state index in [0.717, 1.165) is 4.68 Å². The molecular formula is C19H16F5N3O3S. The predicted octanol–water partition coefficient (Wildman–Crippen LogP) is 4.05. The molecule has 0 unspecified atom stereocenters. The molecule has 0 atom stereocenters. The summed E-state index contributed by atoms with van der Waals surface area (Å²) < 4.78 is 102. The molecule has 1 N–H and O–H groups in total. The van der Waals surface area contributed by atoms with E-state index in [1.165, 1.54) is 45.2 Å². The van der Waals surface area contributed by atoms with E-state index in [1.54, 1.807) is 0 Å². The summed E-state index contributed by atoms with van der Waals surface area (Å²) in [5, 5.41) is 3.97. The molecular weight excluding hydrogens is 445 g/mol. The highest BCUT2D eigenvalue weighted by Crippen LogP contribution is 2.28. The smallest absolute Gasteiger partial charge is 0.262 e. The molecule has 31 heavy (non-hydrogen) atoms. The molecule has 0 aliphatic carbocycles. The standard InChI is InChI=1S/C19H16F5N3O3S/c1-9-19(26-31(28,29)12-6-4-11(30-3)5-7-12)10(2)27(25-9)8-13-14(20)16(22)18(24)17(23)15(13)21/h4-7,26H,8H2,1-3H3. The van der Waals surface area contributed by atoms with E-state index >= 15 is 0 Å². The quantitative estimate of drug-likeness (QED) is 0.342. The van der Waals surface area contributed by atoms with Gasteiger partial charge in [-0.2, -0.15) is 5.10 Å². The third-order valence-corrected chi connectivity index (χ3v) is 5.96. The van der Waals surface area contributed by atoms with Gasteiger partial charge in [0.2, 0.25) is 5.82 Å². The summed E-state index contributed by atoms with van der Waals surface area (Å²) in [5.41, 5.74) is -0.830. The van der Waals surface area contributed by atoms with Crippen molar-refractivity contribution in [2.45, 2.75) is 25.3 Å². The van der Waals surface area contributed by atoms with Crippen LogP contribution in [0.1, 0.15) is 17.0 Å². The van der Waals surface area contributed by atoms with Crippen LogP contribution in [0.3, 0.4) is 0 Å². The number of hydrogen-bond acceptors (Lipinski definition) is 4. The van der Waals surface area contributed by atoms with Crippen LogP contribution in [-0.4, -0.2) is 25.3 Å². The summed E-state index contributed by atoms with van der Waals surface area (Å²) in [5.74, 6) is -9.93. The second kappa shape index (κ2) is 8.17. The average Bonchev–Trinajstić information content (AvgIpc) is 3.01. The summed E-state index contributed by atoms with van der Waals surface area (Å²) in [6.07, 6.45) is 0. The van der Waals surface area contributed by atoms with Crippen molar-refractivity contribution in [3.63, 3.8) is 0 Å².